The Bertz CT molecular complexity index is 267. The van der Waals surface area contributed by atoms with E-state index < -0.39 is 0 Å². The summed E-state index contributed by atoms with van der Waals surface area (Å²) in [6, 6.07) is 1.87. The first-order valence-corrected chi connectivity index (χ1v) is 5.11. The number of hydrogen-bond acceptors (Lipinski definition) is 3. The van der Waals surface area contributed by atoms with Crippen LogP contribution in [0.4, 0.5) is 0 Å². The number of nitrogens with zero attached hydrogens (tertiary/aromatic N) is 1. The molecule has 0 radical (unpaired) electrons. The lowest BCUT2D eigenvalue weighted by molar-refractivity contribution is 0.402. The third-order valence-electron chi connectivity index (χ3n) is 0.967. The van der Waals surface area contributed by atoms with Gasteiger partial charge < -0.3 is 4.74 Å². The molecule has 1 aromatic rings. The number of hydrogen-bond donors (Lipinski definition) is 0. The van der Waals surface area contributed by atoms with Crippen LogP contribution in [0.15, 0.2) is 9.46 Å². The Hall–Kier alpha value is 0.130. The summed E-state index contributed by atoms with van der Waals surface area (Å²) in [5.41, 5.74) is 0. The summed E-state index contributed by atoms with van der Waals surface area (Å²) in [4.78, 5) is 1.05. The number of rotatable bonds is 2. The van der Waals surface area contributed by atoms with Gasteiger partial charge in [0.05, 0.1) is 15.4 Å². The van der Waals surface area contributed by atoms with Gasteiger partial charge in [0.2, 0.25) is 5.88 Å². The Labute approximate surface area is 85.7 Å². The molecule has 1 heterocycles. The first kappa shape index (κ1) is 9.22. The van der Waals surface area contributed by atoms with Crippen LogP contribution in [-0.4, -0.2) is 11.5 Å². The Kier molecular flexibility index (Phi) is 3.54. The van der Waals surface area contributed by atoms with Crippen molar-refractivity contribution in [2.24, 2.45) is 0 Å². The lowest BCUT2D eigenvalue weighted by Gasteiger charge is -1.86. The average molecular weight is 299 g/mol. The van der Waals surface area contributed by atoms with Crippen LogP contribution in [0.3, 0.4) is 0 Å². The lowest BCUT2D eigenvalue weighted by Crippen LogP contribution is -1.78. The molecule has 0 saturated heterocycles. The Morgan fingerprint density at radius 3 is 2.91 bits per heavy atom. The minimum atomic E-state index is 0.655. The molecular weight excluding hydrogens is 294 g/mol. The molecule has 0 aliphatic carbocycles. The molecule has 0 amide bonds. The first-order valence-electron chi connectivity index (χ1n) is 2.76. The molecule has 0 fully saturated rings. The predicted molar refractivity (Wildman–Crippen MR) is 54.5 cm³/mol. The standard InChI is InChI=1S/C6H5Br2NOS/c1-10-6-3-4(11-9-6)2-5(7)8/h2-3H,1H3. The van der Waals surface area contributed by atoms with Crippen molar-refractivity contribution in [3.8, 4) is 5.88 Å². The highest BCUT2D eigenvalue weighted by Gasteiger charge is 1.97. The zero-order valence-corrected chi connectivity index (χ0v) is 9.66. The SMILES string of the molecule is COc1cc(C=C(Br)Br)sn1. The highest BCUT2D eigenvalue weighted by molar-refractivity contribution is 9.28. The van der Waals surface area contributed by atoms with Crippen LogP contribution in [0, 0.1) is 0 Å². The van der Waals surface area contributed by atoms with Crippen molar-refractivity contribution >= 4 is 49.5 Å². The van der Waals surface area contributed by atoms with E-state index in [0.29, 0.717) is 5.88 Å². The molecule has 0 spiro atoms. The predicted octanol–water partition coefficient (Wildman–Crippen LogP) is 3.24. The van der Waals surface area contributed by atoms with Gasteiger partial charge in [-0.05, 0) is 49.5 Å². The van der Waals surface area contributed by atoms with Crippen LogP contribution in [0.5, 0.6) is 5.88 Å². The molecule has 0 unspecified atom stereocenters. The van der Waals surface area contributed by atoms with Gasteiger partial charge in [-0.2, -0.15) is 4.37 Å². The van der Waals surface area contributed by atoms with Crippen LogP contribution >= 0.6 is 43.4 Å². The van der Waals surface area contributed by atoms with Gasteiger partial charge in [-0.15, -0.1) is 0 Å². The molecule has 0 aromatic carbocycles. The Morgan fingerprint density at radius 2 is 2.45 bits per heavy atom. The largest absolute Gasteiger partial charge is 0.480 e. The van der Waals surface area contributed by atoms with Crippen molar-refractivity contribution in [1.82, 2.24) is 4.37 Å². The summed E-state index contributed by atoms with van der Waals surface area (Å²) in [5.74, 6) is 0.655. The minimum absolute atomic E-state index is 0.655. The maximum atomic E-state index is 4.92. The van der Waals surface area contributed by atoms with Gasteiger partial charge in [0.25, 0.3) is 0 Å². The number of aromatic nitrogens is 1. The topological polar surface area (TPSA) is 22.1 Å². The third-order valence-corrected chi connectivity index (χ3v) is 2.14. The molecule has 1 aromatic heterocycles. The molecule has 0 N–H and O–H groups in total. The van der Waals surface area contributed by atoms with E-state index in [1.165, 1.54) is 11.5 Å². The van der Waals surface area contributed by atoms with Gasteiger partial charge in [0.15, 0.2) is 0 Å². The van der Waals surface area contributed by atoms with Crippen LogP contribution < -0.4 is 4.74 Å². The molecule has 5 heteroatoms. The van der Waals surface area contributed by atoms with Crippen molar-refractivity contribution in [3.05, 3.63) is 14.3 Å². The minimum Gasteiger partial charge on any atom is -0.480 e. The monoisotopic (exact) mass is 297 g/mol. The Balaban J connectivity index is 2.81. The molecular formula is C6H5Br2NOS. The van der Waals surface area contributed by atoms with Crippen LogP contribution in [-0.2, 0) is 0 Å². The molecule has 0 aliphatic heterocycles. The van der Waals surface area contributed by atoms with Gasteiger partial charge in [-0.1, -0.05) is 0 Å². The quantitative estimate of drug-likeness (QED) is 0.836. The second-order valence-electron chi connectivity index (χ2n) is 1.71. The first-order chi connectivity index (χ1) is 5.22. The van der Waals surface area contributed by atoms with Crippen LogP contribution in [0.25, 0.3) is 6.08 Å². The van der Waals surface area contributed by atoms with Crippen molar-refractivity contribution in [3.63, 3.8) is 0 Å². The maximum absolute atomic E-state index is 4.92. The van der Waals surface area contributed by atoms with E-state index in [1.807, 2.05) is 12.1 Å². The summed E-state index contributed by atoms with van der Waals surface area (Å²) in [7, 11) is 1.60. The number of halogens is 2. The molecule has 2 nitrogen and oxygen atoms in total. The summed E-state index contributed by atoms with van der Waals surface area (Å²) in [6.07, 6.45) is 1.92. The zero-order valence-electron chi connectivity index (χ0n) is 5.67. The molecule has 0 atom stereocenters. The van der Waals surface area contributed by atoms with E-state index in [1.54, 1.807) is 7.11 Å². The zero-order chi connectivity index (χ0) is 8.27. The number of methoxy groups -OCH3 is 1. The molecule has 60 valence electrons. The second kappa shape index (κ2) is 4.23. The van der Waals surface area contributed by atoms with Gasteiger partial charge in [0, 0.05) is 6.07 Å². The van der Waals surface area contributed by atoms with E-state index in [9.17, 15) is 0 Å². The highest BCUT2D eigenvalue weighted by Crippen LogP contribution is 2.23. The highest BCUT2D eigenvalue weighted by atomic mass is 79.9. The maximum Gasteiger partial charge on any atom is 0.225 e. The van der Waals surface area contributed by atoms with Crippen molar-refractivity contribution in [1.29, 1.82) is 0 Å². The van der Waals surface area contributed by atoms with Gasteiger partial charge >= 0.3 is 0 Å². The molecule has 1 rings (SSSR count). The molecule has 11 heavy (non-hydrogen) atoms. The fraction of sp³-hybridized carbons (Fsp3) is 0.167. The van der Waals surface area contributed by atoms with Gasteiger partial charge in [-0.3, -0.25) is 0 Å². The number of ether oxygens (including phenoxy) is 1. The van der Waals surface area contributed by atoms with Crippen molar-refractivity contribution in [2.75, 3.05) is 7.11 Å². The summed E-state index contributed by atoms with van der Waals surface area (Å²) >= 11 is 7.91. The smallest absolute Gasteiger partial charge is 0.225 e. The van der Waals surface area contributed by atoms with Gasteiger partial charge in [-0.25, -0.2) is 0 Å². The Morgan fingerprint density at radius 1 is 1.73 bits per heavy atom. The van der Waals surface area contributed by atoms with Crippen LogP contribution in [0.1, 0.15) is 4.88 Å². The van der Waals surface area contributed by atoms with Crippen molar-refractivity contribution < 1.29 is 4.74 Å². The van der Waals surface area contributed by atoms with Crippen LogP contribution in [0.2, 0.25) is 0 Å². The van der Waals surface area contributed by atoms with Gasteiger partial charge in [0.1, 0.15) is 0 Å². The molecule has 0 saturated carbocycles. The van der Waals surface area contributed by atoms with E-state index in [-0.39, 0.29) is 0 Å². The summed E-state index contributed by atoms with van der Waals surface area (Å²) in [6.45, 7) is 0. The fourth-order valence-electron chi connectivity index (χ4n) is 0.544. The van der Waals surface area contributed by atoms with E-state index in [2.05, 4.69) is 36.2 Å². The second-order valence-corrected chi connectivity index (χ2v) is 5.31. The average Bonchev–Trinajstić information content (AvgIpc) is 2.34. The molecule has 0 aliphatic rings. The van der Waals surface area contributed by atoms with E-state index >= 15 is 0 Å². The molecule has 0 bridgehead atoms. The van der Waals surface area contributed by atoms with E-state index in [0.717, 1.165) is 8.27 Å². The van der Waals surface area contributed by atoms with E-state index in [4.69, 9.17) is 4.74 Å². The van der Waals surface area contributed by atoms with Crippen molar-refractivity contribution in [2.45, 2.75) is 0 Å². The fourth-order valence-corrected chi connectivity index (χ4v) is 1.99. The third kappa shape index (κ3) is 2.92. The normalized spacial score (nSPS) is 9.36. The summed E-state index contributed by atoms with van der Waals surface area (Å²) < 4.78 is 9.84. The lowest BCUT2D eigenvalue weighted by atomic mass is 10.5. The summed E-state index contributed by atoms with van der Waals surface area (Å²) in [5, 5.41) is 0.